The highest BCUT2D eigenvalue weighted by molar-refractivity contribution is 6.23. The summed E-state index contributed by atoms with van der Waals surface area (Å²) in [5.41, 5.74) is 2.69. The molecule has 0 saturated heterocycles. The van der Waals surface area contributed by atoms with E-state index in [9.17, 15) is 14.4 Å². The number of hydrogen-bond acceptors (Lipinski definition) is 5. The largest absolute Gasteiger partial charge is 0.469 e. The Hall–Kier alpha value is -4.26. The number of methoxy groups -OCH3 is 1. The number of nitrogens with zero attached hydrogens (tertiary/aromatic N) is 2. The predicted octanol–water partition coefficient (Wildman–Crippen LogP) is 6.60. The average molecular weight is 569 g/mol. The maximum absolute atomic E-state index is 15.2. The van der Waals surface area contributed by atoms with E-state index in [1.807, 2.05) is 71.9 Å². The summed E-state index contributed by atoms with van der Waals surface area (Å²) in [7, 11) is 1.33. The molecule has 0 unspecified atom stereocenters. The predicted molar refractivity (Wildman–Crippen MR) is 163 cm³/mol. The number of carbonyl (C=O) groups is 4. The number of amides is 3. The van der Waals surface area contributed by atoms with Crippen LogP contribution >= 0.6 is 0 Å². The van der Waals surface area contributed by atoms with Gasteiger partial charge in [-0.3, -0.25) is 24.1 Å². The molecule has 3 aromatic rings. The highest BCUT2D eigenvalue weighted by atomic mass is 16.5. The van der Waals surface area contributed by atoms with Crippen LogP contribution in [0.15, 0.2) is 66.7 Å². The summed E-state index contributed by atoms with van der Waals surface area (Å²) >= 11 is 0. The average Bonchev–Trinajstić information content (AvgIpc) is 3.16. The number of anilines is 1. The van der Waals surface area contributed by atoms with E-state index >= 15 is 4.79 Å². The van der Waals surface area contributed by atoms with Crippen molar-refractivity contribution in [2.24, 2.45) is 10.8 Å². The van der Waals surface area contributed by atoms with E-state index in [1.165, 1.54) is 7.11 Å². The molecule has 0 fully saturated rings. The van der Waals surface area contributed by atoms with Crippen LogP contribution in [0.5, 0.6) is 0 Å². The molecule has 0 radical (unpaired) electrons. The van der Waals surface area contributed by atoms with Crippen LogP contribution < -0.4 is 4.90 Å². The number of ether oxygens (including phenoxy) is 1. The Bertz CT molecular complexity index is 1490. The van der Waals surface area contributed by atoms with Gasteiger partial charge in [0.05, 0.1) is 29.7 Å². The third kappa shape index (κ3) is 5.24. The molecule has 0 N–H and O–H groups in total. The fourth-order valence-electron chi connectivity index (χ4n) is 6.24. The third-order valence-electron chi connectivity index (χ3n) is 8.07. The molecule has 0 bridgehead atoms. The first kappa shape index (κ1) is 30.7. The quantitative estimate of drug-likeness (QED) is 0.237. The van der Waals surface area contributed by atoms with Gasteiger partial charge in [0.25, 0.3) is 17.7 Å². The minimum absolute atomic E-state index is 0.271. The molecule has 3 aromatic carbocycles. The molecule has 2 atom stereocenters. The second-order valence-corrected chi connectivity index (χ2v) is 12.8. The molecule has 4 rings (SSSR count). The van der Waals surface area contributed by atoms with Crippen LogP contribution in [0.1, 0.15) is 83.6 Å². The van der Waals surface area contributed by atoms with Crippen molar-refractivity contribution >= 4 is 29.4 Å². The number of carbonyl (C=O) groups excluding carboxylic acids is 4. The van der Waals surface area contributed by atoms with Crippen LogP contribution in [0, 0.1) is 31.6 Å². The van der Waals surface area contributed by atoms with Crippen LogP contribution in [0.2, 0.25) is 0 Å². The fourth-order valence-corrected chi connectivity index (χ4v) is 6.24. The van der Waals surface area contributed by atoms with E-state index in [0.29, 0.717) is 5.69 Å². The van der Waals surface area contributed by atoms with Gasteiger partial charge in [-0.25, -0.2) is 0 Å². The van der Waals surface area contributed by atoms with E-state index in [0.717, 1.165) is 27.2 Å². The summed E-state index contributed by atoms with van der Waals surface area (Å²) in [4.78, 5) is 58.9. The minimum Gasteiger partial charge on any atom is -0.469 e. The first-order chi connectivity index (χ1) is 19.6. The molecule has 0 aliphatic carbocycles. The molecule has 0 spiro atoms. The van der Waals surface area contributed by atoms with Crippen molar-refractivity contribution < 1.29 is 23.9 Å². The van der Waals surface area contributed by atoms with Gasteiger partial charge in [-0.1, -0.05) is 68.8 Å². The standard InChI is InChI=1S/C35H40N2O5/c1-21-19-22(2)27(23(3)20-21)28(35(7,8)33(41)42-9)36(24-15-11-10-12-16-24)32(40)29(34(4,5)6)37-30(38)25-17-13-14-18-26(25)31(37)39/h10-20,28-29H,1-9H3/t28-,29+/m0/s1. The van der Waals surface area contributed by atoms with Gasteiger partial charge < -0.3 is 9.64 Å². The highest BCUT2D eigenvalue weighted by Crippen LogP contribution is 2.46. The Kier molecular flexibility index (Phi) is 8.18. The summed E-state index contributed by atoms with van der Waals surface area (Å²) in [6.45, 7) is 15.0. The number of esters is 1. The maximum atomic E-state index is 15.2. The summed E-state index contributed by atoms with van der Waals surface area (Å²) in [6.07, 6.45) is 0. The van der Waals surface area contributed by atoms with Crippen molar-refractivity contribution in [3.05, 3.63) is 100 Å². The SMILES string of the molecule is COC(=O)C(C)(C)[C@H](c1c(C)cc(C)cc1C)N(C(=O)[C@@H](N1C(=O)c2ccccc2C1=O)C(C)(C)C)c1ccccc1. The normalized spacial score (nSPS) is 14.8. The highest BCUT2D eigenvalue weighted by Gasteiger charge is 2.53. The topological polar surface area (TPSA) is 84.0 Å². The lowest BCUT2D eigenvalue weighted by molar-refractivity contribution is -0.152. The van der Waals surface area contributed by atoms with Gasteiger partial charge >= 0.3 is 5.97 Å². The van der Waals surface area contributed by atoms with E-state index in [-0.39, 0.29) is 11.1 Å². The van der Waals surface area contributed by atoms with E-state index < -0.39 is 46.6 Å². The van der Waals surface area contributed by atoms with Crippen LogP contribution in [-0.2, 0) is 14.3 Å². The van der Waals surface area contributed by atoms with E-state index in [2.05, 4.69) is 0 Å². The van der Waals surface area contributed by atoms with E-state index in [1.54, 1.807) is 55.1 Å². The molecule has 0 saturated carbocycles. The molecule has 3 amide bonds. The zero-order valence-electron chi connectivity index (χ0n) is 25.9. The third-order valence-corrected chi connectivity index (χ3v) is 8.07. The molecular formula is C35H40N2O5. The molecule has 7 heteroatoms. The zero-order valence-corrected chi connectivity index (χ0v) is 25.9. The molecule has 0 aromatic heterocycles. The molecule has 1 aliphatic heterocycles. The van der Waals surface area contributed by atoms with Crippen molar-refractivity contribution in [2.75, 3.05) is 12.0 Å². The van der Waals surface area contributed by atoms with Crippen molar-refractivity contribution in [2.45, 2.75) is 67.5 Å². The lowest BCUT2D eigenvalue weighted by Gasteiger charge is -2.46. The van der Waals surface area contributed by atoms with Gasteiger partial charge in [0, 0.05) is 5.69 Å². The van der Waals surface area contributed by atoms with Crippen molar-refractivity contribution in [1.29, 1.82) is 0 Å². The maximum Gasteiger partial charge on any atom is 0.313 e. The minimum atomic E-state index is -1.23. The molecule has 1 heterocycles. The Balaban J connectivity index is 2.02. The van der Waals surface area contributed by atoms with Gasteiger partial charge in [0.15, 0.2) is 0 Å². The first-order valence-electron chi connectivity index (χ1n) is 14.1. The molecule has 42 heavy (non-hydrogen) atoms. The van der Waals surface area contributed by atoms with Crippen molar-refractivity contribution in [3.8, 4) is 0 Å². The monoisotopic (exact) mass is 568 g/mol. The van der Waals surface area contributed by atoms with Crippen LogP contribution in [0.4, 0.5) is 5.69 Å². The van der Waals surface area contributed by atoms with Crippen molar-refractivity contribution in [1.82, 2.24) is 4.90 Å². The number of fused-ring (bicyclic) bond motifs is 1. The van der Waals surface area contributed by atoms with Crippen LogP contribution in [0.25, 0.3) is 0 Å². The zero-order chi connectivity index (χ0) is 31.1. The Morgan fingerprint density at radius 1 is 0.786 bits per heavy atom. The molecule has 1 aliphatic rings. The number of aryl methyl sites for hydroxylation is 3. The summed E-state index contributed by atoms with van der Waals surface area (Å²) in [5.74, 6) is -1.98. The summed E-state index contributed by atoms with van der Waals surface area (Å²) in [5, 5.41) is 0. The van der Waals surface area contributed by atoms with Gasteiger partial charge in [-0.05, 0) is 81.0 Å². The Morgan fingerprint density at radius 2 is 1.26 bits per heavy atom. The molecule has 220 valence electrons. The summed E-state index contributed by atoms with van der Waals surface area (Å²) in [6, 6.07) is 17.8. The first-order valence-corrected chi connectivity index (χ1v) is 14.1. The lowest BCUT2D eigenvalue weighted by Crippen LogP contribution is -2.59. The summed E-state index contributed by atoms with van der Waals surface area (Å²) < 4.78 is 5.30. The fraction of sp³-hybridized carbons (Fsp3) is 0.371. The Morgan fingerprint density at radius 3 is 1.71 bits per heavy atom. The van der Waals surface area contributed by atoms with Crippen LogP contribution in [0.3, 0.4) is 0 Å². The van der Waals surface area contributed by atoms with Gasteiger partial charge in [0.2, 0.25) is 0 Å². The molecule has 7 nitrogen and oxygen atoms in total. The number of rotatable bonds is 7. The second-order valence-electron chi connectivity index (χ2n) is 12.8. The number of imide groups is 1. The van der Waals surface area contributed by atoms with Gasteiger partial charge in [-0.15, -0.1) is 0 Å². The van der Waals surface area contributed by atoms with Crippen molar-refractivity contribution in [3.63, 3.8) is 0 Å². The number of para-hydroxylation sites is 1. The van der Waals surface area contributed by atoms with Gasteiger partial charge in [-0.2, -0.15) is 0 Å². The lowest BCUT2D eigenvalue weighted by atomic mass is 9.75. The van der Waals surface area contributed by atoms with Crippen LogP contribution in [-0.4, -0.2) is 41.7 Å². The molecular weight excluding hydrogens is 528 g/mol. The number of benzene rings is 3. The Labute approximate surface area is 248 Å². The number of hydrogen-bond donors (Lipinski definition) is 0. The smallest absolute Gasteiger partial charge is 0.313 e. The van der Waals surface area contributed by atoms with Gasteiger partial charge in [0.1, 0.15) is 6.04 Å². The van der Waals surface area contributed by atoms with E-state index in [4.69, 9.17) is 4.74 Å². The second kappa shape index (κ2) is 11.2.